The van der Waals surface area contributed by atoms with Crippen LogP contribution in [0.5, 0.6) is 0 Å². The quantitative estimate of drug-likeness (QED) is 0.798. The molecule has 8 heteroatoms. The van der Waals surface area contributed by atoms with E-state index in [1.54, 1.807) is 19.1 Å². The van der Waals surface area contributed by atoms with Crippen molar-refractivity contribution in [2.75, 3.05) is 13.1 Å². The van der Waals surface area contributed by atoms with E-state index < -0.39 is 27.9 Å². The number of benzene rings is 1. The van der Waals surface area contributed by atoms with Crippen molar-refractivity contribution < 1.29 is 23.1 Å². The molecule has 2 aliphatic rings. The zero-order chi connectivity index (χ0) is 19.8. The third-order valence-corrected chi connectivity index (χ3v) is 7.36. The van der Waals surface area contributed by atoms with E-state index in [0.717, 1.165) is 32.1 Å². The number of carbonyl (C=O) groups excluding carboxylic acids is 1. The minimum atomic E-state index is -3.67. The fourth-order valence-electron chi connectivity index (χ4n) is 3.53. The topological polar surface area (TPSA) is 95.0 Å². The average molecular weight is 394 g/mol. The van der Waals surface area contributed by atoms with E-state index in [-0.39, 0.29) is 16.5 Å². The van der Waals surface area contributed by atoms with E-state index in [1.807, 2.05) is 0 Å². The molecule has 0 aromatic heterocycles. The number of piperidine rings is 1. The van der Waals surface area contributed by atoms with Gasteiger partial charge in [-0.25, -0.2) is 13.2 Å². The molecule has 2 fully saturated rings. The van der Waals surface area contributed by atoms with Crippen molar-refractivity contribution in [2.45, 2.75) is 62.9 Å². The molecule has 1 saturated heterocycles. The van der Waals surface area contributed by atoms with Crippen LogP contribution in [0.1, 0.15) is 54.9 Å². The van der Waals surface area contributed by atoms with Crippen molar-refractivity contribution in [2.24, 2.45) is 0 Å². The monoisotopic (exact) mass is 394 g/mol. The van der Waals surface area contributed by atoms with Crippen molar-refractivity contribution in [1.29, 1.82) is 0 Å². The summed E-state index contributed by atoms with van der Waals surface area (Å²) in [6.45, 7) is 4.18. The highest BCUT2D eigenvalue weighted by atomic mass is 32.2. The van der Waals surface area contributed by atoms with Crippen LogP contribution in [0, 0.1) is 6.92 Å². The summed E-state index contributed by atoms with van der Waals surface area (Å²) in [5, 5.41) is 9.33. The van der Waals surface area contributed by atoms with Gasteiger partial charge in [0.2, 0.25) is 10.0 Å². The van der Waals surface area contributed by atoms with Crippen LogP contribution < -0.4 is 0 Å². The number of carbonyl (C=O) groups is 2. The Hall–Kier alpha value is -1.93. The summed E-state index contributed by atoms with van der Waals surface area (Å²) in [4.78, 5) is 25.9. The largest absolute Gasteiger partial charge is 0.480 e. The number of sulfonamides is 1. The molecular formula is C19H26N2O5S. The molecule has 148 valence electrons. The van der Waals surface area contributed by atoms with Crippen LogP contribution >= 0.6 is 0 Å². The summed E-state index contributed by atoms with van der Waals surface area (Å²) >= 11 is 0. The molecule has 27 heavy (non-hydrogen) atoms. The number of carboxylic acids is 1. The lowest BCUT2D eigenvalue weighted by atomic mass is 10.1. The standard InChI is InChI=1S/C19H26N2O5S/c1-13-6-7-15(18(22)21(16-8-9-16)14(2)19(23)24)12-17(13)27(25,26)20-10-4-3-5-11-20/h6-7,12,14,16H,3-5,8-11H2,1-2H3,(H,23,24). The maximum Gasteiger partial charge on any atom is 0.326 e. The second-order valence-corrected chi connectivity index (χ2v) is 9.31. The average Bonchev–Trinajstić information content (AvgIpc) is 3.47. The molecule has 1 saturated carbocycles. The lowest BCUT2D eigenvalue weighted by Gasteiger charge is -2.28. The SMILES string of the molecule is Cc1ccc(C(=O)N(C2CC2)C(C)C(=O)O)cc1S(=O)(=O)N1CCCCC1. The summed E-state index contributed by atoms with van der Waals surface area (Å²) in [5.74, 6) is -1.49. The zero-order valence-electron chi connectivity index (χ0n) is 15.7. The normalized spacial score (nSPS) is 19.5. The Morgan fingerprint density at radius 3 is 2.37 bits per heavy atom. The van der Waals surface area contributed by atoms with Gasteiger partial charge in [-0.3, -0.25) is 4.79 Å². The number of carboxylic acid groups (broad SMARTS) is 1. The second kappa shape index (κ2) is 7.59. The van der Waals surface area contributed by atoms with Crippen molar-refractivity contribution in [3.63, 3.8) is 0 Å². The summed E-state index contributed by atoms with van der Waals surface area (Å²) in [7, 11) is -3.67. The zero-order valence-corrected chi connectivity index (χ0v) is 16.5. The Labute approximate surface area is 160 Å². The molecule has 1 unspecified atom stereocenters. The van der Waals surface area contributed by atoms with E-state index in [4.69, 9.17) is 0 Å². The number of hydrogen-bond acceptors (Lipinski definition) is 4. The fourth-order valence-corrected chi connectivity index (χ4v) is 5.30. The molecule has 7 nitrogen and oxygen atoms in total. The van der Waals surface area contributed by atoms with Gasteiger partial charge in [0.15, 0.2) is 0 Å². The van der Waals surface area contributed by atoms with Crippen LogP contribution in [0.2, 0.25) is 0 Å². The molecule has 0 bridgehead atoms. The molecule has 1 N–H and O–H groups in total. The van der Waals surface area contributed by atoms with Gasteiger partial charge in [0.25, 0.3) is 5.91 Å². The van der Waals surface area contributed by atoms with Gasteiger partial charge >= 0.3 is 5.97 Å². The molecule has 1 heterocycles. The molecule has 1 aliphatic carbocycles. The molecule has 1 aromatic carbocycles. The highest BCUT2D eigenvalue weighted by Crippen LogP contribution is 2.31. The lowest BCUT2D eigenvalue weighted by molar-refractivity contribution is -0.141. The highest BCUT2D eigenvalue weighted by molar-refractivity contribution is 7.89. The van der Waals surface area contributed by atoms with Crippen molar-refractivity contribution in [1.82, 2.24) is 9.21 Å². The molecule has 0 radical (unpaired) electrons. The summed E-state index contributed by atoms with van der Waals surface area (Å²) in [5.41, 5.74) is 0.803. The smallest absolute Gasteiger partial charge is 0.326 e. The molecular weight excluding hydrogens is 368 g/mol. The molecule has 3 rings (SSSR count). The van der Waals surface area contributed by atoms with Crippen LogP contribution in [-0.4, -0.2) is 59.8 Å². The predicted molar refractivity (Wildman–Crippen MR) is 100 cm³/mol. The molecule has 0 spiro atoms. The Morgan fingerprint density at radius 1 is 1.19 bits per heavy atom. The van der Waals surface area contributed by atoms with Crippen LogP contribution in [0.15, 0.2) is 23.1 Å². The van der Waals surface area contributed by atoms with E-state index >= 15 is 0 Å². The van der Waals surface area contributed by atoms with Gasteiger partial charge in [-0.15, -0.1) is 0 Å². The maximum atomic E-state index is 13.0. The first-order chi connectivity index (χ1) is 12.7. The summed E-state index contributed by atoms with van der Waals surface area (Å²) < 4.78 is 27.6. The van der Waals surface area contributed by atoms with Crippen molar-refractivity contribution >= 4 is 21.9 Å². The third kappa shape index (κ3) is 4.01. The third-order valence-electron chi connectivity index (χ3n) is 5.32. The van der Waals surface area contributed by atoms with Crippen molar-refractivity contribution in [3.05, 3.63) is 29.3 Å². The first-order valence-electron chi connectivity index (χ1n) is 9.39. The van der Waals surface area contributed by atoms with Gasteiger partial charge in [-0.2, -0.15) is 4.31 Å². The minimum Gasteiger partial charge on any atom is -0.480 e. The number of hydrogen-bond donors (Lipinski definition) is 1. The van der Waals surface area contributed by atoms with E-state index in [1.165, 1.54) is 22.2 Å². The number of nitrogens with zero attached hydrogens (tertiary/aromatic N) is 2. The van der Waals surface area contributed by atoms with Gasteiger partial charge < -0.3 is 10.0 Å². The number of aliphatic carboxylic acids is 1. The summed E-state index contributed by atoms with van der Waals surface area (Å²) in [6, 6.07) is 3.57. The Kier molecular flexibility index (Phi) is 5.58. The van der Waals surface area contributed by atoms with Gasteiger partial charge in [0.1, 0.15) is 6.04 Å². The molecule has 1 aliphatic heterocycles. The van der Waals surface area contributed by atoms with Gasteiger partial charge in [0.05, 0.1) is 4.90 Å². The Balaban J connectivity index is 1.94. The molecule has 1 amide bonds. The predicted octanol–water partition coefficient (Wildman–Crippen LogP) is 2.25. The molecule has 1 aromatic rings. The number of rotatable bonds is 6. The Bertz CT molecular complexity index is 842. The number of aryl methyl sites for hydroxylation is 1. The second-order valence-electron chi connectivity index (χ2n) is 7.40. The maximum absolute atomic E-state index is 13.0. The first kappa shape index (κ1) is 19.8. The number of amides is 1. The van der Waals surface area contributed by atoms with Crippen LogP contribution in [-0.2, 0) is 14.8 Å². The minimum absolute atomic E-state index is 0.0907. The fraction of sp³-hybridized carbons (Fsp3) is 0.579. The highest BCUT2D eigenvalue weighted by Gasteiger charge is 2.39. The van der Waals surface area contributed by atoms with E-state index in [9.17, 15) is 23.1 Å². The molecule has 1 atom stereocenters. The van der Waals surface area contributed by atoms with Crippen LogP contribution in [0.3, 0.4) is 0 Å². The van der Waals surface area contributed by atoms with E-state index in [2.05, 4.69) is 0 Å². The van der Waals surface area contributed by atoms with Crippen LogP contribution in [0.25, 0.3) is 0 Å². The van der Waals surface area contributed by atoms with Gasteiger partial charge in [-0.1, -0.05) is 12.5 Å². The first-order valence-corrected chi connectivity index (χ1v) is 10.8. The Morgan fingerprint density at radius 2 is 1.81 bits per heavy atom. The van der Waals surface area contributed by atoms with Crippen LogP contribution in [0.4, 0.5) is 0 Å². The summed E-state index contributed by atoms with van der Waals surface area (Å²) in [6.07, 6.45) is 4.24. The van der Waals surface area contributed by atoms with E-state index in [0.29, 0.717) is 18.7 Å². The lowest BCUT2D eigenvalue weighted by Crippen LogP contribution is -2.44. The van der Waals surface area contributed by atoms with Gasteiger partial charge in [-0.05, 0) is 57.2 Å². The van der Waals surface area contributed by atoms with Crippen molar-refractivity contribution in [3.8, 4) is 0 Å². The van der Waals surface area contributed by atoms with Gasteiger partial charge in [0, 0.05) is 24.7 Å².